The van der Waals surface area contributed by atoms with Gasteiger partial charge in [0.25, 0.3) is 0 Å². The molecular formula is C18H22BrN3O2. The van der Waals surface area contributed by atoms with Crippen LogP contribution in [0.5, 0.6) is 0 Å². The Labute approximate surface area is 150 Å². The molecule has 0 radical (unpaired) electrons. The minimum atomic E-state index is -0.0293. The lowest BCUT2D eigenvalue weighted by Crippen LogP contribution is -2.61. The molecule has 1 aromatic rings. The maximum atomic E-state index is 12.7. The molecule has 0 spiro atoms. The molecule has 2 unspecified atom stereocenters. The van der Waals surface area contributed by atoms with Crippen LogP contribution < -0.4 is 5.32 Å². The molecule has 5 nitrogen and oxygen atoms in total. The third kappa shape index (κ3) is 3.04. The van der Waals surface area contributed by atoms with Crippen LogP contribution in [0.2, 0.25) is 0 Å². The van der Waals surface area contributed by atoms with Gasteiger partial charge < -0.3 is 15.1 Å². The van der Waals surface area contributed by atoms with Crippen LogP contribution in [0.1, 0.15) is 25.7 Å². The largest absolute Gasteiger partial charge is 0.339 e. The van der Waals surface area contributed by atoms with E-state index in [1.165, 1.54) is 0 Å². The summed E-state index contributed by atoms with van der Waals surface area (Å²) in [5.74, 6) is 1.15. The molecule has 24 heavy (non-hydrogen) atoms. The van der Waals surface area contributed by atoms with Gasteiger partial charge in [-0.05, 0) is 49.3 Å². The molecule has 3 amide bonds. The molecule has 3 atom stereocenters. The summed E-state index contributed by atoms with van der Waals surface area (Å²) in [5.41, 5.74) is 0.805. The van der Waals surface area contributed by atoms with E-state index in [4.69, 9.17) is 0 Å². The SMILES string of the molecule is O=C(Nc1cccc(Br)c1)N1CC2CC(C1)[C@H]1CCCC(=O)N1C2. The number of carbonyl (C=O) groups is 2. The minimum Gasteiger partial charge on any atom is -0.339 e. The lowest BCUT2D eigenvalue weighted by atomic mass is 9.76. The number of amides is 3. The zero-order valence-corrected chi connectivity index (χ0v) is 15.2. The van der Waals surface area contributed by atoms with Crippen LogP contribution in [0.4, 0.5) is 10.5 Å². The van der Waals surface area contributed by atoms with Crippen LogP contribution in [0.15, 0.2) is 28.7 Å². The van der Waals surface area contributed by atoms with Crippen LogP contribution in [0.25, 0.3) is 0 Å². The maximum absolute atomic E-state index is 12.7. The number of rotatable bonds is 1. The number of halogens is 1. The van der Waals surface area contributed by atoms with Crippen molar-refractivity contribution in [3.63, 3.8) is 0 Å². The zero-order chi connectivity index (χ0) is 16.7. The fraction of sp³-hybridized carbons (Fsp3) is 0.556. The predicted molar refractivity (Wildman–Crippen MR) is 95.7 cm³/mol. The molecule has 0 saturated carbocycles. The van der Waals surface area contributed by atoms with Gasteiger partial charge in [0.1, 0.15) is 0 Å². The van der Waals surface area contributed by atoms with Gasteiger partial charge in [0.2, 0.25) is 5.91 Å². The highest BCUT2D eigenvalue weighted by atomic mass is 79.9. The van der Waals surface area contributed by atoms with Gasteiger partial charge in [0.15, 0.2) is 0 Å². The van der Waals surface area contributed by atoms with Crippen LogP contribution in [0, 0.1) is 11.8 Å². The van der Waals surface area contributed by atoms with Gasteiger partial charge >= 0.3 is 6.03 Å². The molecular weight excluding hydrogens is 370 g/mol. The Morgan fingerprint density at radius 3 is 2.96 bits per heavy atom. The predicted octanol–water partition coefficient (Wildman–Crippen LogP) is 3.31. The van der Waals surface area contributed by atoms with Crippen molar-refractivity contribution in [1.29, 1.82) is 0 Å². The summed E-state index contributed by atoms with van der Waals surface area (Å²) < 4.78 is 0.951. The summed E-state index contributed by atoms with van der Waals surface area (Å²) in [6.45, 7) is 2.32. The van der Waals surface area contributed by atoms with Crippen molar-refractivity contribution in [2.45, 2.75) is 31.7 Å². The van der Waals surface area contributed by atoms with Crippen LogP contribution in [-0.4, -0.2) is 47.4 Å². The minimum absolute atomic E-state index is 0.0293. The van der Waals surface area contributed by atoms with E-state index in [9.17, 15) is 9.59 Å². The number of urea groups is 1. The highest BCUT2D eigenvalue weighted by Gasteiger charge is 2.44. The number of nitrogens with one attached hydrogen (secondary N) is 1. The highest BCUT2D eigenvalue weighted by Crippen LogP contribution is 2.38. The molecule has 1 aromatic carbocycles. The lowest BCUT2D eigenvalue weighted by molar-refractivity contribution is -0.144. The number of likely N-dealkylation sites (tertiary alicyclic amines) is 1. The number of piperidine rings is 3. The number of fused-ring (bicyclic) bond motifs is 4. The number of anilines is 1. The van der Waals surface area contributed by atoms with E-state index in [0.717, 1.165) is 49.1 Å². The summed E-state index contributed by atoms with van der Waals surface area (Å²) in [6, 6.07) is 7.97. The Morgan fingerprint density at radius 2 is 2.12 bits per heavy atom. The Bertz CT molecular complexity index is 665. The smallest absolute Gasteiger partial charge is 0.321 e. The summed E-state index contributed by atoms with van der Waals surface area (Å²) in [7, 11) is 0. The van der Waals surface area contributed by atoms with Crippen molar-refractivity contribution >= 4 is 33.6 Å². The third-order valence-corrected chi connectivity index (χ3v) is 6.04. The quantitative estimate of drug-likeness (QED) is 0.797. The van der Waals surface area contributed by atoms with Gasteiger partial charge in [0, 0.05) is 42.3 Å². The van der Waals surface area contributed by atoms with Gasteiger partial charge in [-0.2, -0.15) is 0 Å². The number of carbonyl (C=O) groups excluding carboxylic acids is 2. The first kappa shape index (κ1) is 15.9. The van der Waals surface area contributed by atoms with Gasteiger partial charge in [-0.3, -0.25) is 4.79 Å². The highest BCUT2D eigenvalue weighted by molar-refractivity contribution is 9.10. The summed E-state index contributed by atoms with van der Waals surface area (Å²) in [4.78, 5) is 28.9. The van der Waals surface area contributed by atoms with E-state index in [0.29, 0.717) is 30.2 Å². The Balaban J connectivity index is 1.45. The van der Waals surface area contributed by atoms with Crippen LogP contribution >= 0.6 is 15.9 Å². The van der Waals surface area contributed by atoms with Crippen molar-refractivity contribution in [3.05, 3.63) is 28.7 Å². The lowest BCUT2D eigenvalue weighted by Gasteiger charge is -2.52. The third-order valence-electron chi connectivity index (χ3n) is 5.54. The molecule has 1 N–H and O–H groups in total. The zero-order valence-electron chi connectivity index (χ0n) is 13.6. The molecule has 3 heterocycles. The standard InChI is InChI=1S/C18H22BrN3O2/c19-14-3-1-4-15(8-14)20-18(24)21-9-12-7-13(11-21)16-5-2-6-17(23)22(16)10-12/h1,3-4,8,12-13,16H,2,5-7,9-11H2,(H,20,24)/t12?,13?,16-/m1/s1. The monoisotopic (exact) mass is 391 g/mol. The molecule has 4 rings (SSSR count). The van der Waals surface area contributed by atoms with Crippen molar-refractivity contribution in [1.82, 2.24) is 9.80 Å². The van der Waals surface area contributed by atoms with Crippen LogP contribution in [-0.2, 0) is 4.79 Å². The van der Waals surface area contributed by atoms with Gasteiger partial charge in [0.05, 0.1) is 0 Å². The van der Waals surface area contributed by atoms with Gasteiger partial charge in [-0.25, -0.2) is 4.79 Å². The Hall–Kier alpha value is -1.56. The van der Waals surface area contributed by atoms with Crippen molar-refractivity contribution in [2.24, 2.45) is 11.8 Å². The average molecular weight is 392 g/mol. The first-order chi connectivity index (χ1) is 11.6. The molecule has 0 aliphatic carbocycles. The van der Waals surface area contributed by atoms with Gasteiger partial charge in [-0.1, -0.05) is 22.0 Å². The molecule has 3 saturated heterocycles. The fourth-order valence-electron chi connectivity index (χ4n) is 4.54. The van der Waals surface area contributed by atoms with E-state index in [1.807, 2.05) is 29.2 Å². The molecule has 3 aliphatic rings. The van der Waals surface area contributed by atoms with E-state index in [-0.39, 0.29) is 6.03 Å². The number of hydrogen-bond acceptors (Lipinski definition) is 2. The number of nitrogens with zero attached hydrogens (tertiary/aromatic N) is 2. The van der Waals surface area contributed by atoms with E-state index >= 15 is 0 Å². The first-order valence-corrected chi connectivity index (χ1v) is 9.50. The Morgan fingerprint density at radius 1 is 1.25 bits per heavy atom. The summed E-state index contributed by atoms with van der Waals surface area (Å²) >= 11 is 3.43. The number of benzene rings is 1. The van der Waals surface area contributed by atoms with E-state index in [1.54, 1.807) is 0 Å². The number of hydrogen-bond donors (Lipinski definition) is 1. The van der Waals surface area contributed by atoms with E-state index < -0.39 is 0 Å². The fourth-order valence-corrected chi connectivity index (χ4v) is 4.94. The second-order valence-electron chi connectivity index (χ2n) is 7.21. The second kappa shape index (κ2) is 6.39. The molecule has 3 aliphatic heterocycles. The topological polar surface area (TPSA) is 52.7 Å². The van der Waals surface area contributed by atoms with Gasteiger partial charge in [-0.15, -0.1) is 0 Å². The normalized spacial score (nSPS) is 29.2. The van der Waals surface area contributed by atoms with Crippen molar-refractivity contribution < 1.29 is 9.59 Å². The Kier molecular flexibility index (Phi) is 4.24. The average Bonchev–Trinajstić information content (AvgIpc) is 2.56. The molecule has 0 aromatic heterocycles. The molecule has 128 valence electrons. The second-order valence-corrected chi connectivity index (χ2v) is 8.13. The molecule has 2 bridgehead atoms. The van der Waals surface area contributed by atoms with E-state index in [2.05, 4.69) is 26.1 Å². The maximum Gasteiger partial charge on any atom is 0.321 e. The molecule has 3 fully saturated rings. The van der Waals surface area contributed by atoms with Crippen LogP contribution in [0.3, 0.4) is 0 Å². The van der Waals surface area contributed by atoms with Crippen molar-refractivity contribution in [3.8, 4) is 0 Å². The first-order valence-electron chi connectivity index (χ1n) is 8.71. The summed E-state index contributed by atoms with van der Waals surface area (Å²) in [5, 5.41) is 3.00. The summed E-state index contributed by atoms with van der Waals surface area (Å²) in [6.07, 6.45) is 3.92. The molecule has 6 heteroatoms. The van der Waals surface area contributed by atoms with Crippen molar-refractivity contribution in [2.75, 3.05) is 25.0 Å².